The second-order valence-corrected chi connectivity index (χ2v) is 9.97. The maximum Gasteiger partial charge on any atom is 0.335 e. The molecule has 2 aromatic carbocycles. The van der Waals surface area contributed by atoms with Gasteiger partial charge in [0.15, 0.2) is 14.2 Å². The van der Waals surface area contributed by atoms with E-state index in [0.29, 0.717) is 20.7 Å². The third-order valence-electron chi connectivity index (χ3n) is 3.75. The van der Waals surface area contributed by atoms with Gasteiger partial charge in [-0.3, -0.25) is 0 Å². The number of thiazole rings is 1. The largest absolute Gasteiger partial charge is 0.478 e. The molecule has 4 rings (SSSR count). The van der Waals surface area contributed by atoms with E-state index in [1.165, 1.54) is 46.0 Å². The fraction of sp³-hybridized carbons (Fsp3) is 0.0625. The third-order valence-corrected chi connectivity index (χ3v) is 6.87. The van der Waals surface area contributed by atoms with Gasteiger partial charge in [-0.2, -0.15) is 4.68 Å². The molecule has 0 saturated carbocycles. The number of aromatic nitrogens is 5. The van der Waals surface area contributed by atoms with Gasteiger partial charge in [-0.1, -0.05) is 0 Å². The average Bonchev–Trinajstić information content (AvgIpc) is 3.26. The monoisotopic (exact) mass is 433 g/mol. The summed E-state index contributed by atoms with van der Waals surface area (Å²) in [5.41, 5.74) is 1.46. The van der Waals surface area contributed by atoms with Gasteiger partial charge in [-0.15, -0.1) is 16.4 Å². The number of nitrogens with zero attached hydrogens (tertiary/aromatic N) is 5. The number of benzene rings is 2. The maximum atomic E-state index is 11.7. The van der Waals surface area contributed by atoms with Gasteiger partial charge in [0.2, 0.25) is 5.16 Å². The van der Waals surface area contributed by atoms with Gasteiger partial charge in [0.1, 0.15) is 0 Å². The van der Waals surface area contributed by atoms with Crippen molar-refractivity contribution < 1.29 is 18.3 Å². The Hall–Kier alpha value is -2.83. The number of tetrazole rings is 1. The molecule has 0 saturated heterocycles. The summed E-state index contributed by atoms with van der Waals surface area (Å²) in [6.45, 7) is 0. The van der Waals surface area contributed by atoms with Crippen molar-refractivity contribution in [2.75, 3.05) is 6.26 Å². The van der Waals surface area contributed by atoms with Crippen molar-refractivity contribution in [3.8, 4) is 5.69 Å². The van der Waals surface area contributed by atoms with E-state index in [0.717, 1.165) is 11.0 Å². The van der Waals surface area contributed by atoms with Crippen LogP contribution in [0.2, 0.25) is 0 Å². The molecule has 2 heterocycles. The normalized spacial score (nSPS) is 11.8. The lowest BCUT2D eigenvalue weighted by Gasteiger charge is -2.03. The summed E-state index contributed by atoms with van der Waals surface area (Å²) in [6.07, 6.45) is 1.16. The fourth-order valence-electron chi connectivity index (χ4n) is 2.39. The number of aromatic carboxylic acids is 1. The van der Waals surface area contributed by atoms with Crippen molar-refractivity contribution in [2.24, 2.45) is 0 Å². The Morgan fingerprint density at radius 2 is 1.93 bits per heavy atom. The molecule has 0 fully saturated rings. The Bertz CT molecular complexity index is 1300. The van der Waals surface area contributed by atoms with Crippen molar-refractivity contribution >= 4 is 49.1 Å². The first kappa shape index (κ1) is 18.5. The predicted octanol–water partition coefficient (Wildman–Crippen LogP) is 2.52. The molecule has 2 aromatic heterocycles. The number of carboxylic acids is 1. The van der Waals surface area contributed by atoms with Crippen LogP contribution in [-0.2, 0) is 9.84 Å². The second kappa shape index (κ2) is 6.96. The Labute approximate surface area is 167 Å². The number of hydrogen-bond donors (Lipinski definition) is 1. The summed E-state index contributed by atoms with van der Waals surface area (Å²) in [6, 6.07) is 11.0. The molecule has 0 aliphatic rings. The SMILES string of the molecule is CS(=O)(=O)c1ccc2nc(Sc3nnnn3-c3ccc(C(=O)O)cc3)sc2c1. The quantitative estimate of drug-likeness (QED) is 0.505. The minimum Gasteiger partial charge on any atom is -0.478 e. The minimum atomic E-state index is -3.29. The molecule has 1 N–H and O–H groups in total. The minimum absolute atomic E-state index is 0.166. The van der Waals surface area contributed by atoms with Crippen molar-refractivity contribution in [1.82, 2.24) is 25.2 Å². The number of hydrogen-bond acceptors (Lipinski definition) is 9. The number of fused-ring (bicyclic) bond motifs is 1. The molecule has 0 spiro atoms. The predicted molar refractivity (Wildman–Crippen MR) is 103 cm³/mol. The van der Waals surface area contributed by atoms with Crippen LogP contribution in [0.4, 0.5) is 0 Å². The molecule has 0 aliphatic carbocycles. The standard InChI is InChI=1S/C16H11N5O4S3/c1-28(24,25)11-6-7-12-13(8-11)26-16(17-12)27-15-18-19-20-21(15)10-4-2-9(3-5-10)14(22)23/h2-8H,1H3,(H,22,23). The first-order valence-electron chi connectivity index (χ1n) is 7.72. The van der Waals surface area contributed by atoms with E-state index in [9.17, 15) is 13.2 Å². The lowest BCUT2D eigenvalue weighted by atomic mass is 10.2. The summed E-state index contributed by atoms with van der Waals surface area (Å²) in [5.74, 6) is -1.01. The van der Waals surface area contributed by atoms with Crippen molar-refractivity contribution in [1.29, 1.82) is 0 Å². The average molecular weight is 433 g/mol. The zero-order valence-corrected chi connectivity index (χ0v) is 16.6. The number of rotatable bonds is 5. The molecule has 9 nitrogen and oxygen atoms in total. The van der Waals surface area contributed by atoms with Crippen LogP contribution < -0.4 is 0 Å². The molecule has 0 radical (unpaired) electrons. The van der Waals surface area contributed by atoms with E-state index in [4.69, 9.17) is 5.11 Å². The van der Waals surface area contributed by atoms with Crippen molar-refractivity contribution in [3.05, 3.63) is 48.0 Å². The molecule has 0 bridgehead atoms. The van der Waals surface area contributed by atoms with Crippen LogP contribution in [0, 0.1) is 0 Å². The maximum absolute atomic E-state index is 11.7. The number of carbonyl (C=O) groups is 1. The number of sulfone groups is 1. The van der Waals surface area contributed by atoms with Crippen LogP contribution in [-0.4, -0.2) is 50.9 Å². The fourth-order valence-corrected chi connectivity index (χ4v) is 5.11. The van der Waals surface area contributed by atoms with Crippen LogP contribution in [0.1, 0.15) is 10.4 Å². The zero-order valence-electron chi connectivity index (χ0n) is 14.2. The first-order valence-corrected chi connectivity index (χ1v) is 11.2. The lowest BCUT2D eigenvalue weighted by molar-refractivity contribution is 0.0697. The van der Waals surface area contributed by atoms with E-state index >= 15 is 0 Å². The van der Waals surface area contributed by atoms with Crippen molar-refractivity contribution in [3.63, 3.8) is 0 Å². The highest BCUT2D eigenvalue weighted by Crippen LogP contribution is 2.34. The van der Waals surface area contributed by atoms with Crippen LogP contribution in [0.3, 0.4) is 0 Å². The summed E-state index contributed by atoms with van der Waals surface area (Å²) in [4.78, 5) is 15.7. The summed E-state index contributed by atoms with van der Waals surface area (Å²) >= 11 is 2.57. The van der Waals surface area contributed by atoms with E-state index in [1.54, 1.807) is 24.3 Å². The molecule has 4 aromatic rings. The van der Waals surface area contributed by atoms with Crippen LogP contribution in [0.25, 0.3) is 15.9 Å². The second-order valence-electron chi connectivity index (χ2n) is 5.71. The Morgan fingerprint density at radius 3 is 2.61 bits per heavy atom. The van der Waals surface area contributed by atoms with Gasteiger partial charge < -0.3 is 5.11 Å². The number of carboxylic acid groups (broad SMARTS) is 1. The highest BCUT2D eigenvalue weighted by atomic mass is 32.2. The zero-order chi connectivity index (χ0) is 19.9. The van der Waals surface area contributed by atoms with E-state index < -0.39 is 15.8 Å². The van der Waals surface area contributed by atoms with E-state index in [-0.39, 0.29) is 10.5 Å². The van der Waals surface area contributed by atoms with Gasteiger partial charge in [-0.05, 0) is 64.7 Å². The third kappa shape index (κ3) is 3.61. The smallest absolute Gasteiger partial charge is 0.335 e. The molecule has 142 valence electrons. The highest BCUT2D eigenvalue weighted by Gasteiger charge is 2.15. The highest BCUT2D eigenvalue weighted by molar-refractivity contribution is 8.01. The molecule has 12 heteroatoms. The molecule has 0 atom stereocenters. The Morgan fingerprint density at radius 1 is 1.18 bits per heavy atom. The summed E-state index contributed by atoms with van der Waals surface area (Å²) in [7, 11) is -3.29. The van der Waals surface area contributed by atoms with Crippen LogP contribution in [0.15, 0.2) is 56.9 Å². The Kier molecular flexibility index (Phi) is 4.61. The van der Waals surface area contributed by atoms with Gasteiger partial charge >= 0.3 is 5.97 Å². The first-order chi connectivity index (χ1) is 13.3. The summed E-state index contributed by atoms with van der Waals surface area (Å²) in [5, 5.41) is 21.1. The van der Waals surface area contributed by atoms with E-state index in [1.807, 2.05) is 0 Å². The Balaban J connectivity index is 1.65. The molecule has 0 amide bonds. The van der Waals surface area contributed by atoms with Crippen molar-refractivity contribution in [2.45, 2.75) is 14.4 Å². The van der Waals surface area contributed by atoms with Crippen LogP contribution >= 0.6 is 23.1 Å². The topological polar surface area (TPSA) is 128 Å². The molecular weight excluding hydrogens is 422 g/mol. The molecule has 0 unspecified atom stereocenters. The van der Waals surface area contributed by atoms with Gasteiger partial charge in [0, 0.05) is 6.26 Å². The van der Waals surface area contributed by atoms with Gasteiger partial charge in [0.25, 0.3) is 0 Å². The van der Waals surface area contributed by atoms with Crippen LogP contribution in [0.5, 0.6) is 0 Å². The molecule has 28 heavy (non-hydrogen) atoms. The lowest BCUT2D eigenvalue weighted by Crippen LogP contribution is -2.01. The van der Waals surface area contributed by atoms with Gasteiger partial charge in [-0.25, -0.2) is 18.2 Å². The van der Waals surface area contributed by atoms with E-state index in [2.05, 4.69) is 20.5 Å². The summed E-state index contributed by atoms with van der Waals surface area (Å²) < 4.78 is 26.3. The van der Waals surface area contributed by atoms with Gasteiger partial charge in [0.05, 0.1) is 26.4 Å². The molecular formula is C16H11N5O4S3. The molecule has 0 aliphatic heterocycles.